The van der Waals surface area contributed by atoms with E-state index in [1.807, 2.05) is 0 Å². The molecule has 15 atom stereocenters. The molecule has 15 N–H and O–H groups in total. The van der Waals surface area contributed by atoms with Crippen LogP contribution in [0, 0.1) is 5.41 Å². The Labute approximate surface area is 220 Å². The second-order valence-electron chi connectivity index (χ2n) is 10.6. The quantitative estimate of drug-likeness (QED) is 0.104. The Bertz CT molecular complexity index is 788. The summed E-state index contributed by atoms with van der Waals surface area (Å²) >= 11 is 0. The van der Waals surface area contributed by atoms with Gasteiger partial charge in [0, 0.05) is 18.5 Å². The third-order valence-electron chi connectivity index (χ3n) is 7.72. The molecule has 4 rings (SSSR count). The Morgan fingerprint density at radius 2 is 1.66 bits per heavy atom. The van der Waals surface area contributed by atoms with Crippen molar-refractivity contribution >= 4 is 5.96 Å². The third kappa shape index (κ3) is 6.38. The minimum atomic E-state index is -1.18. The van der Waals surface area contributed by atoms with Gasteiger partial charge in [-0.05, 0) is 26.3 Å². The molecule has 16 heteroatoms. The number of nitrogens with two attached hydrogens (primary N) is 4. The van der Waals surface area contributed by atoms with Gasteiger partial charge in [0.05, 0.1) is 36.9 Å². The molecule has 9 unspecified atom stereocenters. The lowest BCUT2D eigenvalue weighted by Crippen LogP contribution is -2.69. The van der Waals surface area contributed by atoms with Gasteiger partial charge in [0.15, 0.2) is 24.8 Å². The number of fused-ring (bicyclic) bond motifs is 1. The van der Waals surface area contributed by atoms with Crippen LogP contribution in [0.15, 0.2) is 0 Å². The number of aliphatic hydroxyl groups is 4. The highest BCUT2D eigenvalue weighted by Crippen LogP contribution is 2.35. The van der Waals surface area contributed by atoms with E-state index in [0.717, 1.165) is 0 Å². The number of hydrogen-bond donors (Lipinski definition) is 11. The predicted molar refractivity (Wildman–Crippen MR) is 131 cm³/mol. The first-order chi connectivity index (χ1) is 18.0. The number of aliphatic hydroxyl groups excluding tert-OH is 4. The molecule has 220 valence electrons. The van der Waals surface area contributed by atoms with Gasteiger partial charge in [-0.1, -0.05) is 0 Å². The maximum absolute atomic E-state index is 11.2. The molecule has 1 saturated carbocycles. The van der Waals surface area contributed by atoms with Crippen LogP contribution in [0.3, 0.4) is 0 Å². The van der Waals surface area contributed by atoms with Crippen LogP contribution in [0.25, 0.3) is 0 Å². The zero-order valence-corrected chi connectivity index (χ0v) is 21.3. The number of rotatable bonds is 7. The van der Waals surface area contributed by atoms with Crippen molar-refractivity contribution in [1.82, 2.24) is 10.6 Å². The lowest BCUT2D eigenvalue weighted by molar-refractivity contribution is -0.367. The van der Waals surface area contributed by atoms with E-state index in [2.05, 4.69) is 10.6 Å². The summed E-state index contributed by atoms with van der Waals surface area (Å²) in [5, 5.41) is 55.0. The lowest BCUT2D eigenvalue weighted by Gasteiger charge is -2.51. The topological polar surface area (TPSA) is 279 Å². The smallest absolute Gasteiger partial charge is 0.187 e. The first-order valence-corrected chi connectivity index (χ1v) is 13.0. The average molecular weight is 550 g/mol. The number of nitrogens with one attached hydrogen (secondary N) is 3. The van der Waals surface area contributed by atoms with E-state index in [-0.39, 0.29) is 24.8 Å². The SMILES string of the molecule is CNC1C(O[C@H]2OC(CO)[C@@H](NC(=N)N)CC2O)O[C@H]2CC(N)[C@@H](O[C@@H]3C(N)C[C@@H](N)CC3O)OC2C1O. The molecule has 0 aromatic rings. The zero-order valence-electron chi connectivity index (χ0n) is 21.3. The first kappa shape index (κ1) is 29.7. The fourth-order valence-corrected chi connectivity index (χ4v) is 5.78. The van der Waals surface area contributed by atoms with Crippen LogP contribution in [-0.2, 0) is 23.7 Å². The van der Waals surface area contributed by atoms with Gasteiger partial charge in [0.25, 0.3) is 0 Å². The van der Waals surface area contributed by atoms with Crippen molar-refractivity contribution in [1.29, 1.82) is 5.41 Å². The normalized spacial score (nSPS) is 49.7. The number of hydrogen-bond acceptors (Lipinski definition) is 14. The zero-order chi connectivity index (χ0) is 27.7. The van der Waals surface area contributed by atoms with Gasteiger partial charge in [-0.15, -0.1) is 0 Å². The number of guanidine groups is 1. The van der Waals surface area contributed by atoms with E-state index in [1.165, 1.54) is 0 Å². The van der Waals surface area contributed by atoms with Crippen molar-refractivity contribution in [3.05, 3.63) is 0 Å². The van der Waals surface area contributed by atoms with Gasteiger partial charge in [0.1, 0.15) is 30.5 Å². The highest BCUT2D eigenvalue weighted by molar-refractivity contribution is 5.74. The molecule has 4 aliphatic rings. The van der Waals surface area contributed by atoms with Crippen LogP contribution in [0.4, 0.5) is 0 Å². The molecule has 3 aliphatic heterocycles. The summed E-state index contributed by atoms with van der Waals surface area (Å²) in [6.07, 6.45) is -8.16. The van der Waals surface area contributed by atoms with Crippen LogP contribution in [0.2, 0.25) is 0 Å². The molecule has 0 spiro atoms. The highest BCUT2D eigenvalue weighted by atomic mass is 16.8. The first-order valence-electron chi connectivity index (χ1n) is 13.0. The number of likely N-dealkylation sites (N-methyl/N-ethyl adjacent to an activating group) is 1. The standard InChI is InChI=1S/C22H43N7O9/c1-28-15-16(33)18-13(4-9(25)19(37-18)36-17-8(24)2-7(23)3-11(17)31)34-21(15)38-20-12(32)5-10(29-22(26)27)14(6-30)35-20/h7-21,28,30-33H,2-6,23-25H2,1H3,(H4,26,27,29)/t7-,8?,9?,10+,11?,12?,13+,14?,15?,16?,17-,18?,19+,20-,21?/m1/s1. The fraction of sp³-hybridized carbons (Fsp3) is 0.955. The van der Waals surface area contributed by atoms with E-state index >= 15 is 0 Å². The minimum Gasteiger partial charge on any atom is -0.394 e. The molecule has 0 aromatic carbocycles. The summed E-state index contributed by atoms with van der Waals surface area (Å²) < 4.78 is 29.9. The molecule has 16 nitrogen and oxygen atoms in total. The van der Waals surface area contributed by atoms with Crippen LogP contribution in [-0.4, -0.2) is 132 Å². The Hall–Kier alpha value is -1.25. The molecule has 3 heterocycles. The summed E-state index contributed by atoms with van der Waals surface area (Å²) in [7, 11) is 1.61. The lowest BCUT2D eigenvalue weighted by atomic mass is 9.86. The fourth-order valence-electron chi connectivity index (χ4n) is 5.78. The predicted octanol–water partition coefficient (Wildman–Crippen LogP) is -5.37. The third-order valence-corrected chi connectivity index (χ3v) is 7.72. The molecule has 0 bridgehead atoms. The Morgan fingerprint density at radius 1 is 0.921 bits per heavy atom. The van der Waals surface area contributed by atoms with Crippen LogP contribution < -0.4 is 33.6 Å². The van der Waals surface area contributed by atoms with Gasteiger partial charge in [-0.2, -0.15) is 0 Å². The van der Waals surface area contributed by atoms with Crippen LogP contribution in [0.5, 0.6) is 0 Å². The van der Waals surface area contributed by atoms with Crippen molar-refractivity contribution in [3.8, 4) is 0 Å². The largest absolute Gasteiger partial charge is 0.394 e. The summed E-state index contributed by atoms with van der Waals surface area (Å²) in [5.74, 6) is -0.317. The Kier molecular flexibility index (Phi) is 9.78. The monoisotopic (exact) mass is 549 g/mol. The van der Waals surface area contributed by atoms with Gasteiger partial charge in [0.2, 0.25) is 0 Å². The van der Waals surface area contributed by atoms with E-state index in [4.69, 9.17) is 52.0 Å². The minimum absolute atomic E-state index is 0.0914. The van der Waals surface area contributed by atoms with Gasteiger partial charge in [-0.25, -0.2) is 0 Å². The van der Waals surface area contributed by atoms with E-state index in [9.17, 15) is 20.4 Å². The second-order valence-corrected chi connectivity index (χ2v) is 10.6. The van der Waals surface area contributed by atoms with Crippen molar-refractivity contribution in [2.75, 3.05) is 13.7 Å². The molecular weight excluding hydrogens is 506 g/mol. The molecule has 38 heavy (non-hydrogen) atoms. The van der Waals surface area contributed by atoms with Crippen molar-refractivity contribution in [2.45, 2.75) is 117 Å². The summed E-state index contributed by atoms with van der Waals surface area (Å²) in [5.41, 5.74) is 23.8. The maximum atomic E-state index is 11.2. The van der Waals surface area contributed by atoms with Gasteiger partial charge >= 0.3 is 0 Å². The molecule has 3 saturated heterocycles. The van der Waals surface area contributed by atoms with Crippen molar-refractivity contribution in [2.24, 2.45) is 22.9 Å². The van der Waals surface area contributed by atoms with Crippen molar-refractivity contribution < 1.29 is 44.1 Å². The van der Waals surface area contributed by atoms with Gasteiger partial charge < -0.3 is 77.7 Å². The Balaban J connectivity index is 1.40. The van der Waals surface area contributed by atoms with E-state index in [0.29, 0.717) is 12.8 Å². The summed E-state index contributed by atoms with van der Waals surface area (Å²) in [6, 6.07) is -2.75. The molecule has 0 aromatic heterocycles. The molecule has 1 aliphatic carbocycles. The molecule has 4 fully saturated rings. The highest BCUT2D eigenvalue weighted by Gasteiger charge is 2.53. The van der Waals surface area contributed by atoms with Crippen LogP contribution >= 0.6 is 0 Å². The van der Waals surface area contributed by atoms with E-state index in [1.54, 1.807) is 7.05 Å². The van der Waals surface area contributed by atoms with E-state index < -0.39 is 92.4 Å². The van der Waals surface area contributed by atoms with Crippen molar-refractivity contribution in [3.63, 3.8) is 0 Å². The van der Waals surface area contributed by atoms with Crippen LogP contribution in [0.1, 0.15) is 25.7 Å². The number of ether oxygens (including phenoxy) is 5. The molecule has 0 radical (unpaired) electrons. The Morgan fingerprint density at radius 3 is 2.29 bits per heavy atom. The molecular formula is C22H43N7O9. The maximum Gasteiger partial charge on any atom is 0.187 e. The molecule has 0 amide bonds. The second kappa shape index (κ2) is 12.5. The summed E-state index contributed by atoms with van der Waals surface area (Å²) in [4.78, 5) is 0. The van der Waals surface area contributed by atoms with Gasteiger partial charge in [-0.3, -0.25) is 5.41 Å². The summed E-state index contributed by atoms with van der Waals surface area (Å²) in [6.45, 7) is -0.402. The average Bonchev–Trinajstić information content (AvgIpc) is 2.83.